The molecule has 0 amide bonds. The Hall–Kier alpha value is -1.11. The lowest BCUT2D eigenvalue weighted by Gasteiger charge is -1.93. The Labute approximate surface area is 102 Å². The van der Waals surface area contributed by atoms with Crippen LogP contribution in [-0.4, -0.2) is 11.9 Å². The Morgan fingerprint density at radius 1 is 1.00 bits per heavy atom. The molecule has 15 heavy (non-hydrogen) atoms. The second-order valence-electron chi connectivity index (χ2n) is 2.45. The van der Waals surface area contributed by atoms with Gasteiger partial charge in [-0.25, -0.2) is 19.4 Å². The number of hydrogen-bond donors (Lipinski definition) is 0. The lowest BCUT2D eigenvalue weighted by Crippen LogP contribution is -2.03. The van der Waals surface area contributed by atoms with Crippen LogP contribution in [0.1, 0.15) is 13.8 Å². The van der Waals surface area contributed by atoms with Gasteiger partial charge in [0.05, 0.1) is 0 Å². The summed E-state index contributed by atoms with van der Waals surface area (Å²) < 4.78 is 1.29. The van der Waals surface area contributed by atoms with Crippen LogP contribution in [0.15, 0.2) is 30.3 Å². The first-order valence-electron chi connectivity index (χ1n) is 4.08. The van der Waals surface area contributed by atoms with Crippen molar-refractivity contribution in [3.63, 3.8) is 0 Å². The molecule has 0 atom stereocenters. The minimum atomic E-state index is -0.639. The summed E-state index contributed by atoms with van der Waals surface area (Å²) in [6, 6.07) is 10.2. The van der Waals surface area contributed by atoms with Gasteiger partial charge in [0.1, 0.15) is 0 Å². The molecule has 4 nitrogen and oxygen atoms in total. The van der Waals surface area contributed by atoms with E-state index in [9.17, 15) is 9.59 Å². The Morgan fingerprint density at radius 2 is 1.40 bits per heavy atom. The van der Waals surface area contributed by atoms with Gasteiger partial charge in [-0.05, 0) is 34.7 Å². The average Bonchev–Trinajstić information content (AvgIpc) is 2.17. The largest absolute Gasteiger partial charge is 0.352 e. The number of hydrogen-bond acceptors (Lipinski definition) is 4. The molecule has 0 heterocycles. The molecule has 1 aromatic rings. The second kappa shape index (κ2) is 8.22. The minimum Gasteiger partial charge on any atom is -0.248 e. The van der Waals surface area contributed by atoms with Crippen LogP contribution < -0.4 is 0 Å². The van der Waals surface area contributed by atoms with Gasteiger partial charge in [0, 0.05) is 17.4 Å². The van der Waals surface area contributed by atoms with Crippen molar-refractivity contribution in [3.8, 4) is 0 Å². The molecule has 5 heteroatoms. The Kier molecular flexibility index (Phi) is 7.61. The maximum atomic E-state index is 9.85. The highest BCUT2D eigenvalue weighted by Crippen LogP contribution is 1.99. The molecule has 0 saturated heterocycles. The van der Waals surface area contributed by atoms with E-state index in [1.807, 2.05) is 18.2 Å². The summed E-state index contributed by atoms with van der Waals surface area (Å²) in [5.41, 5.74) is 0. The zero-order valence-electron chi connectivity index (χ0n) is 8.40. The van der Waals surface area contributed by atoms with Crippen LogP contribution in [0.5, 0.6) is 0 Å². The molecule has 0 aliphatic rings. The second-order valence-corrected chi connectivity index (χ2v) is 3.69. The van der Waals surface area contributed by atoms with Crippen molar-refractivity contribution < 1.29 is 19.4 Å². The SMILES string of the molecule is CC(=O)OOC(C)=O.Ic1ccccc1. The molecule has 1 rings (SSSR count). The molecule has 0 aliphatic carbocycles. The summed E-state index contributed by atoms with van der Waals surface area (Å²) >= 11 is 2.28. The number of halogens is 1. The van der Waals surface area contributed by atoms with Crippen LogP contribution in [-0.2, 0) is 19.4 Å². The Morgan fingerprint density at radius 3 is 1.60 bits per heavy atom. The number of carbonyl (C=O) groups is 2. The third kappa shape index (κ3) is 10.8. The summed E-state index contributed by atoms with van der Waals surface area (Å²) in [5.74, 6) is -1.28. The first kappa shape index (κ1) is 13.9. The van der Waals surface area contributed by atoms with Gasteiger partial charge in [-0.2, -0.15) is 0 Å². The summed E-state index contributed by atoms with van der Waals surface area (Å²) in [7, 11) is 0. The maximum Gasteiger partial charge on any atom is 0.352 e. The van der Waals surface area contributed by atoms with Crippen LogP contribution in [0.2, 0.25) is 0 Å². The predicted molar refractivity (Wildman–Crippen MR) is 62.7 cm³/mol. The molecule has 0 unspecified atom stereocenters. The molecule has 0 aliphatic heterocycles. The summed E-state index contributed by atoms with van der Waals surface area (Å²) in [6.07, 6.45) is 0. The first-order chi connectivity index (χ1) is 7.02. The Bertz CT molecular complexity index is 296. The minimum absolute atomic E-state index is 0.639. The van der Waals surface area contributed by atoms with Gasteiger partial charge >= 0.3 is 11.9 Å². The topological polar surface area (TPSA) is 52.6 Å². The standard InChI is InChI=1S/C6H5I.C4H6O4/c7-6-4-2-1-3-5-6;1-3(5)7-8-4(2)6/h1-5H;1-2H3. The van der Waals surface area contributed by atoms with E-state index in [1.165, 1.54) is 3.57 Å². The molecule has 0 N–H and O–H groups in total. The van der Waals surface area contributed by atoms with Crippen molar-refractivity contribution in [2.24, 2.45) is 0 Å². The van der Waals surface area contributed by atoms with Crippen LogP contribution >= 0.6 is 22.6 Å². The molecular formula is C10H11IO4. The van der Waals surface area contributed by atoms with Gasteiger partial charge in [-0.15, -0.1) is 0 Å². The fourth-order valence-corrected chi connectivity index (χ4v) is 0.947. The van der Waals surface area contributed by atoms with Crippen molar-refractivity contribution in [1.29, 1.82) is 0 Å². The van der Waals surface area contributed by atoms with E-state index in [0.29, 0.717) is 0 Å². The van der Waals surface area contributed by atoms with Crippen LogP contribution in [0.4, 0.5) is 0 Å². The van der Waals surface area contributed by atoms with E-state index in [4.69, 9.17) is 0 Å². The van der Waals surface area contributed by atoms with Crippen LogP contribution in [0, 0.1) is 3.57 Å². The Balaban J connectivity index is 0.000000262. The highest BCUT2D eigenvalue weighted by molar-refractivity contribution is 14.1. The van der Waals surface area contributed by atoms with Gasteiger partial charge in [-0.1, -0.05) is 18.2 Å². The number of carbonyl (C=O) groups excluding carboxylic acids is 2. The van der Waals surface area contributed by atoms with E-state index >= 15 is 0 Å². The third-order valence-electron chi connectivity index (χ3n) is 1.01. The molecule has 0 bridgehead atoms. The van der Waals surface area contributed by atoms with E-state index in [0.717, 1.165) is 13.8 Å². The molecule has 82 valence electrons. The molecule has 0 saturated carbocycles. The highest BCUT2D eigenvalue weighted by atomic mass is 127. The van der Waals surface area contributed by atoms with Gasteiger partial charge in [0.15, 0.2) is 0 Å². The van der Waals surface area contributed by atoms with Gasteiger partial charge < -0.3 is 0 Å². The van der Waals surface area contributed by atoms with Gasteiger partial charge in [0.25, 0.3) is 0 Å². The average molecular weight is 322 g/mol. The highest BCUT2D eigenvalue weighted by Gasteiger charge is 1.95. The molecule has 0 fully saturated rings. The van der Waals surface area contributed by atoms with E-state index in [2.05, 4.69) is 44.5 Å². The zero-order valence-corrected chi connectivity index (χ0v) is 10.6. The monoisotopic (exact) mass is 322 g/mol. The van der Waals surface area contributed by atoms with Crippen molar-refractivity contribution in [1.82, 2.24) is 0 Å². The summed E-state index contributed by atoms with van der Waals surface area (Å²) in [5, 5.41) is 0. The maximum absolute atomic E-state index is 9.85. The van der Waals surface area contributed by atoms with Crippen molar-refractivity contribution in [2.75, 3.05) is 0 Å². The van der Waals surface area contributed by atoms with E-state index < -0.39 is 11.9 Å². The number of benzene rings is 1. The smallest absolute Gasteiger partial charge is 0.248 e. The molecule has 1 aromatic carbocycles. The third-order valence-corrected chi connectivity index (χ3v) is 1.73. The molecular weight excluding hydrogens is 311 g/mol. The number of rotatable bonds is 0. The van der Waals surface area contributed by atoms with Gasteiger partial charge in [-0.3, -0.25) is 0 Å². The summed E-state index contributed by atoms with van der Waals surface area (Å²) in [6.45, 7) is 2.28. The fourth-order valence-electron chi connectivity index (χ4n) is 0.532. The summed E-state index contributed by atoms with van der Waals surface area (Å²) in [4.78, 5) is 27.3. The normalized spacial score (nSPS) is 8.20. The van der Waals surface area contributed by atoms with Crippen molar-refractivity contribution >= 4 is 34.5 Å². The lowest BCUT2D eigenvalue weighted by molar-refractivity contribution is -0.255. The first-order valence-corrected chi connectivity index (χ1v) is 5.16. The van der Waals surface area contributed by atoms with Crippen LogP contribution in [0.3, 0.4) is 0 Å². The van der Waals surface area contributed by atoms with E-state index in [1.54, 1.807) is 0 Å². The molecule has 0 radical (unpaired) electrons. The van der Waals surface area contributed by atoms with Gasteiger partial charge in [0.2, 0.25) is 0 Å². The fraction of sp³-hybridized carbons (Fsp3) is 0.200. The molecule has 0 aromatic heterocycles. The van der Waals surface area contributed by atoms with E-state index in [-0.39, 0.29) is 0 Å². The predicted octanol–water partition coefficient (Wildman–Crippen LogP) is 2.32. The zero-order chi connectivity index (χ0) is 11.7. The van der Waals surface area contributed by atoms with Crippen molar-refractivity contribution in [3.05, 3.63) is 33.9 Å². The molecule has 0 spiro atoms. The van der Waals surface area contributed by atoms with Crippen molar-refractivity contribution in [2.45, 2.75) is 13.8 Å². The lowest BCUT2D eigenvalue weighted by atomic mass is 10.4. The van der Waals surface area contributed by atoms with Crippen LogP contribution in [0.25, 0.3) is 0 Å². The quantitative estimate of drug-likeness (QED) is 0.418.